The summed E-state index contributed by atoms with van der Waals surface area (Å²) in [5, 5.41) is 5.21. The number of pyridine rings is 2. The van der Waals surface area contributed by atoms with Gasteiger partial charge in [0.25, 0.3) is 5.91 Å². The maximum Gasteiger partial charge on any atom is 0.254 e. The van der Waals surface area contributed by atoms with Crippen LogP contribution >= 0.6 is 0 Å². The van der Waals surface area contributed by atoms with E-state index >= 15 is 0 Å². The van der Waals surface area contributed by atoms with Crippen molar-refractivity contribution in [1.82, 2.24) is 24.6 Å². The number of aromatic nitrogens is 4. The number of likely N-dealkylation sites (N-methyl/N-ethyl adjacent to an activating group) is 1. The lowest BCUT2D eigenvalue weighted by molar-refractivity contribution is 0.0588. The lowest BCUT2D eigenvalue weighted by Crippen LogP contribution is -2.34. The highest BCUT2D eigenvalue weighted by molar-refractivity contribution is 6.06. The topological polar surface area (TPSA) is 86.3 Å². The molecule has 0 aromatic carbocycles. The minimum absolute atomic E-state index is 0.0782. The Bertz CT molecular complexity index is 1180. The summed E-state index contributed by atoms with van der Waals surface area (Å²) >= 11 is 0. The molecule has 1 saturated heterocycles. The summed E-state index contributed by atoms with van der Waals surface area (Å²) < 4.78 is 12.9. The molecular formula is C23H23N5O3. The summed E-state index contributed by atoms with van der Waals surface area (Å²) in [6.07, 6.45) is 8.89. The van der Waals surface area contributed by atoms with Crippen molar-refractivity contribution in [2.75, 3.05) is 20.2 Å². The van der Waals surface area contributed by atoms with Crippen LogP contribution in [0.4, 0.5) is 0 Å². The third-order valence-electron chi connectivity index (χ3n) is 5.53. The molecule has 1 unspecified atom stereocenters. The fourth-order valence-corrected chi connectivity index (χ4v) is 3.93. The van der Waals surface area contributed by atoms with E-state index in [1.54, 1.807) is 34.4 Å². The smallest absolute Gasteiger partial charge is 0.254 e. The van der Waals surface area contributed by atoms with E-state index in [0.717, 1.165) is 30.8 Å². The second-order valence-electron chi connectivity index (χ2n) is 7.74. The van der Waals surface area contributed by atoms with Crippen molar-refractivity contribution in [2.45, 2.75) is 25.5 Å². The van der Waals surface area contributed by atoms with Gasteiger partial charge in [0.05, 0.1) is 35.2 Å². The van der Waals surface area contributed by atoms with Crippen molar-refractivity contribution in [1.29, 1.82) is 0 Å². The zero-order valence-electron chi connectivity index (χ0n) is 17.3. The summed E-state index contributed by atoms with van der Waals surface area (Å²) in [4.78, 5) is 24.2. The van der Waals surface area contributed by atoms with Gasteiger partial charge in [0, 0.05) is 38.2 Å². The van der Waals surface area contributed by atoms with E-state index in [9.17, 15) is 4.79 Å². The number of nitrogens with zero attached hydrogens (tertiary/aromatic N) is 5. The molecule has 0 saturated carbocycles. The first-order valence-electron chi connectivity index (χ1n) is 10.4. The standard InChI is InChI=1S/C23H23N5O3/c1-27(14-17-6-3-9-30-17)23(29)19-11-21(16-5-2-8-24-12-16)26-22-20(19)13-25-28(22)15-18-7-4-10-31-18/h2,4-5,7-8,10-13,17H,3,6,9,14-15H2,1H3. The highest BCUT2D eigenvalue weighted by Crippen LogP contribution is 2.26. The predicted molar refractivity (Wildman–Crippen MR) is 115 cm³/mol. The number of furan rings is 1. The van der Waals surface area contributed by atoms with Crippen molar-refractivity contribution in [3.63, 3.8) is 0 Å². The van der Waals surface area contributed by atoms with Crippen LogP contribution in [0.5, 0.6) is 0 Å². The minimum atomic E-state index is -0.0782. The van der Waals surface area contributed by atoms with E-state index < -0.39 is 0 Å². The van der Waals surface area contributed by atoms with Gasteiger partial charge < -0.3 is 14.1 Å². The maximum atomic E-state index is 13.4. The highest BCUT2D eigenvalue weighted by atomic mass is 16.5. The SMILES string of the molecule is CN(CC1CCCO1)C(=O)c1cc(-c2cccnc2)nc2c1cnn2Cc1ccco1. The fraction of sp³-hybridized carbons (Fsp3) is 0.304. The molecule has 0 spiro atoms. The second-order valence-corrected chi connectivity index (χ2v) is 7.74. The number of amides is 1. The Morgan fingerprint density at radius 3 is 2.97 bits per heavy atom. The molecule has 158 valence electrons. The third-order valence-corrected chi connectivity index (χ3v) is 5.53. The van der Waals surface area contributed by atoms with Gasteiger partial charge in [0.15, 0.2) is 5.65 Å². The summed E-state index contributed by atoms with van der Waals surface area (Å²) in [5.74, 6) is 0.688. The number of carbonyl (C=O) groups excluding carboxylic acids is 1. The molecule has 0 radical (unpaired) electrons. The molecule has 31 heavy (non-hydrogen) atoms. The number of carbonyl (C=O) groups is 1. The van der Waals surface area contributed by atoms with E-state index in [1.807, 2.05) is 37.4 Å². The zero-order chi connectivity index (χ0) is 21.2. The summed E-state index contributed by atoms with van der Waals surface area (Å²) in [6.45, 7) is 1.75. The molecule has 4 aromatic heterocycles. The average Bonchev–Trinajstić information content (AvgIpc) is 3.57. The van der Waals surface area contributed by atoms with Gasteiger partial charge in [-0.2, -0.15) is 5.10 Å². The number of ether oxygens (including phenoxy) is 1. The first kappa shape index (κ1) is 19.4. The zero-order valence-corrected chi connectivity index (χ0v) is 17.3. The van der Waals surface area contributed by atoms with Gasteiger partial charge in [-0.1, -0.05) is 0 Å². The van der Waals surface area contributed by atoms with Gasteiger partial charge >= 0.3 is 0 Å². The Labute approximate surface area is 179 Å². The van der Waals surface area contributed by atoms with Crippen LogP contribution in [0.3, 0.4) is 0 Å². The molecule has 1 atom stereocenters. The number of hydrogen-bond acceptors (Lipinski definition) is 6. The van der Waals surface area contributed by atoms with Gasteiger partial charge in [-0.25, -0.2) is 9.67 Å². The molecule has 1 amide bonds. The quantitative estimate of drug-likeness (QED) is 0.478. The van der Waals surface area contributed by atoms with Crippen LogP contribution in [0.1, 0.15) is 29.0 Å². The largest absolute Gasteiger partial charge is 0.467 e. The van der Waals surface area contributed by atoms with Crippen LogP contribution in [0, 0.1) is 0 Å². The van der Waals surface area contributed by atoms with Gasteiger partial charge in [-0.3, -0.25) is 9.78 Å². The summed E-state index contributed by atoms with van der Waals surface area (Å²) in [7, 11) is 1.81. The lowest BCUT2D eigenvalue weighted by atomic mass is 10.1. The van der Waals surface area contributed by atoms with E-state index in [-0.39, 0.29) is 12.0 Å². The summed E-state index contributed by atoms with van der Waals surface area (Å²) in [5.41, 5.74) is 2.71. The van der Waals surface area contributed by atoms with E-state index in [2.05, 4.69) is 10.1 Å². The molecule has 1 aliphatic heterocycles. The monoisotopic (exact) mass is 417 g/mol. The molecule has 1 aliphatic rings. The molecule has 4 aromatic rings. The van der Waals surface area contributed by atoms with Gasteiger partial charge in [0.2, 0.25) is 0 Å². The van der Waals surface area contributed by atoms with Crippen molar-refractivity contribution in [2.24, 2.45) is 0 Å². The second kappa shape index (κ2) is 8.31. The van der Waals surface area contributed by atoms with Crippen LogP contribution < -0.4 is 0 Å². The molecule has 5 rings (SSSR count). The van der Waals surface area contributed by atoms with Gasteiger partial charge in [0.1, 0.15) is 12.3 Å². The van der Waals surface area contributed by atoms with E-state index in [0.29, 0.717) is 35.4 Å². The van der Waals surface area contributed by atoms with Crippen LogP contribution in [-0.4, -0.2) is 56.9 Å². The van der Waals surface area contributed by atoms with Crippen LogP contribution in [0.25, 0.3) is 22.3 Å². The van der Waals surface area contributed by atoms with Crippen LogP contribution in [-0.2, 0) is 11.3 Å². The Balaban J connectivity index is 1.57. The number of fused-ring (bicyclic) bond motifs is 1. The molecule has 0 aliphatic carbocycles. The van der Waals surface area contributed by atoms with Crippen LogP contribution in [0.2, 0.25) is 0 Å². The minimum Gasteiger partial charge on any atom is -0.467 e. The molecule has 8 nitrogen and oxygen atoms in total. The third kappa shape index (κ3) is 3.94. The average molecular weight is 417 g/mol. The van der Waals surface area contributed by atoms with E-state index in [4.69, 9.17) is 14.1 Å². The van der Waals surface area contributed by atoms with Crippen molar-refractivity contribution in [3.05, 3.63) is 66.5 Å². The fourth-order valence-electron chi connectivity index (χ4n) is 3.93. The number of hydrogen-bond donors (Lipinski definition) is 0. The maximum absolute atomic E-state index is 13.4. The Morgan fingerprint density at radius 2 is 2.23 bits per heavy atom. The summed E-state index contributed by atoms with van der Waals surface area (Å²) in [6, 6.07) is 9.34. The van der Waals surface area contributed by atoms with Crippen molar-refractivity contribution < 1.29 is 13.9 Å². The van der Waals surface area contributed by atoms with Crippen LogP contribution in [0.15, 0.2) is 59.6 Å². The highest BCUT2D eigenvalue weighted by Gasteiger charge is 2.24. The van der Waals surface area contributed by atoms with E-state index in [1.165, 1.54) is 0 Å². The Morgan fingerprint density at radius 1 is 1.29 bits per heavy atom. The first-order valence-corrected chi connectivity index (χ1v) is 10.4. The lowest BCUT2D eigenvalue weighted by Gasteiger charge is -2.21. The number of rotatable bonds is 6. The molecule has 1 fully saturated rings. The Hall–Kier alpha value is -3.52. The molecule has 0 N–H and O–H groups in total. The predicted octanol–water partition coefficient (Wildman–Crippen LogP) is 3.39. The molecule has 8 heteroatoms. The van der Waals surface area contributed by atoms with Gasteiger partial charge in [-0.05, 0) is 43.2 Å². The molecule has 5 heterocycles. The van der Waals surface area contributed by atoms with Crippen molar-refractivity contribution in [3.8, 4) is 11.3 Å². The Kier molecular flexibility index (Phi) is 5.21. The van der Waals surface area contributed by atoms with Crippen molar-refractivity contribution >= 4 is 16.9 Å². The van der Waals surface area contributed by atoms with Gasteiger partial charge in [-0.15, -0.1) is 0 Å². The first-order chi connectivity index (χ1) is 15.2. The molecule has 0 bridgehead atoms. The normalized spacial score (nSPS) is 16.1. The molecular weight excluding hydrogens is 394 g/mol.